The quantitative estimate of drug-likeness (QED) is 0.121. The molecular formula is C40H40O6S. The number of allylic oxidation sites excluding steroid dienone is 4. The summed E-state index contributed by atoms with van der Waals surface area (Å²) in [5.74, 6) is 0.593. The third-order valence-electron chi connectivity index (χ3n) is 8.05. The summed E-state index contributed by atoms with van der Waals surface area (Å²) in [4.78, 5) is 0.707. The summed E-state index contributed by atoms with van der Waals surface area (Å²) in [6.45, 7) is 1.75. The maximum absolute atomic E-state index is 6.78. The van der Waals surface area contributed by atoms with Crippen molar-refractivity contribution in [2.75, 3.05) is 6.61 Å². The molecule has 1 aliphatic carbocycles. The second kappa shape index (κ2) is 17.3. The molecule has 1 heterocycles. The minimum Gasteiger partial charge on any atom is -0.461 e. The molecule has 0 bridgehead atoms. The van der Waals surface area contributed by atoms with Crippen molar-refractivity contribution >= 4 is 17.1 Å². The van der Waals surface area contributed by atoms with Crippen molar-refractivity contribution < 1.29 is 28.4 Å². The first-order chi connectivity index (χ1) is 23.2. The first kappa shape index (κ1) is 33.0. The molecule has 47 heavy (non-hydrogen) atoms. The molecule has 242 valence electrons. The molecule has 1 fully saturated rings. The van der Waals surface area contributed by atoms with E-state index in [2.05, 4.69) is 0 Å². The van der Waals surface area contributed by atoms with Crippen molar-refractivity contribution in [1.82, 2.24) is 0 Å². The molecule has 0 amide bonds. The molecule has 0 radical (unpaired) electrons. The Morgan fingerprint density at radius 1 is 0.574 bits per heavy atom. The van der Waals surface area contributed by atoms with Gasteiger partial charge in [0.15, 0.2) is 0 Å². The smallest absolute Gasteiger partial charge is 0.229 e. The SMILES string of the molecule is S=C1CC=CC=C1O[C@@H]1O[C@H](COCc2ccccc2)[C@H](OCc2ccccc2)[C@H](OCc2ccccc2)[C@H]1OCc1ccccc1. The molecule has 2 aliphatic rings. The van der Waals surface area contributed by atoms with E-state index in [0.717, 1.165) is 22.3 Å². The zero-order valence-electron chi connectivity index (χ0n) is 26.3. The van der Waals surface area contributed by atoms with Crippen LogP contribution < -0.4 is 0 Å². The molecule has 0 N–H and O–H groups in total. The maximum Gasteiger partial charge on any atom is 0.229 e. The van der Waals surface area contributed by atoms with Gasteiger partial charge in [-0.1, -0.05) is 146 Å². The third-order valence-corrected chi connectivity index (χ3v) is 8.41. The van der Waals surface area contributed by atoms with Crippen LogP contribution in [0, 0.1) is 0 Å². The lowest BCUT2D eigenvalue weighted by Crippen LogP contribution is -2.61. The van der Waals surface area contributed by atoms with Gasteiger partial charge in [0.1, 0.15) is 30.2 Å². The van der Waals surface area contributed by atoms with E-state index in [4.69, 9.17) is 40.6 Å². The van der Waals surface area contributed by atoms with Gasteiger partial charge in [0.05, 0.1) is 37.9 Å². The van der Waals surface area contributed by atoms with Crippen LogP contribution in [0.4, 0.5) is 0 Å². The molecule has 0 unspecified atom stereocenters. The number of hydrogen-bond donors (Lipinski definition) is 0. The Labute approximate surface area is 282 Å². The van der Waals surface area contributed by atoms with Crippen LogP contribution in [0.25, 0.3) is 0 Å². The molecule has 6 rings (SSSR count). The largest absolute Gasteiger partial charge is 0.461 e. The predicted molar refractivity (Wildman–Crippen MR) is 185 cm³/mol. The van der Waals surface area contributed by atoms with Crippen molar-refractivity contribution in [3.05, 3.63) is 168 Å². The van der Waals surface area contributed by atoms with Crippen molar-refractivity contribution in [1.29, 1.82) is 0 Å². The van der Waals surface area contributed by atoms with Gasteiger partial charge in [0.25, 0.3) is 0 Å². The van der Waals surface area contributed by atoms with Gasteiger partial charge in [-0.15, -0.1) is 0 Å². The maximum atomic E-state index is 6.78. The zero-order chi connectivity index (χ0) is 32.1. The topological polar surface area (TPSA) is 55.4 Å². The van der Waals surface area contributed by atoms with E-state index < -0.39 is 30.7 Å². The highest BCUT2D eigenvalue weighted by atomic mass is 32.1. The fourth-order valence-electron chi connectivity index (χ4n) is 5.60. The Balaban J connectivity index is 1.32. The number of thiocarbonyl (C=S) groups is 1. The molecular weight excluding hydrogens is 609 g/mol. The number of benzene rings is 4. The zero-order valence-corrected chi connectivity index (χ0v) is 27.1. The van der Waals surface area contributed by atoms with E-state index in [1.807, 2.05) is 140 Å². The van der Waals surface area contributed by atoms with E-state index in [-0.39, 0.29) is 6.61 Å². The van der Waals surface area contributed by atoms with Crippen LogP contribution in [0.1, 0.15) is 28.7 Å². The molecule has 1 saturated heterocycles. The first-order valence-corrected chi connectivity index (χ1v) is 16.4. The summed E-state index contributed by atoms with van der Waals surface area (Å²) >= 11 is 5.67. The van der Waals surface area contributed by atoms with Crippen LogP contribution in [0.5, 0.6) is 0 Å². The fourth-order valence-corrected chi connectivity index (χ4v) is 5.81. The highest BCUT2D eigenvalue weighted by Crippen LogP contribution is 2.33. The fraction of sp³-hybridized carbons (Fsp3) is 0.275. The number of hydrogen-bond acceptors (Lipinski definition) is 7. The average molecular weight is 649 g/mol. The lowest BCUT2D eigenvalue weighted by molar-refractivity contribution is -0.319. The second-order valence-electron chi connectivity index (χ2n) is 11.5. The van der Waals surface area contributed by atoms with Crippen molar-refractivity contribution in [3.8, 4) is 0 Å². The standard InChI is InChI=1S/C40H40O6S/c47-36-24-14-13-23-34(36)45-40-39(44-28-33-21-11-4-12-22-33)38(43-27-32-19-9-3-10-20-32)37(42-26-31-17-7-2-8-18-31)35(46-40)29-41-25-30-15-5-1-6-16-30/h1-23,35,37-40H,24-29H2/t35-,37+,38+,39-,40-/m1/s1. The molecule has 7 heteroatoms. The third kappa shape index (κ3) is 9.55. The molecule has 6 nitrogen and oxygen atoms in total. The van der Waals surface area contributed by atoms with Gasteiger partial charge in [-0.05, 0) is 28.3 Å². The van der Waals surface area contributed by atoms with Gasteiger partial charge < -0.3 is 28.4 Å². The Bertz CT molecular complexity index is 1580. The van der Waals surface area contributed by atoms with Crippen molar-refractivity contribution in [2.24, 2.45) is 0 Å². The highest BCUT2D eigenvalue weighted by Gasteiger charge is 2.50. The van der Waals surface area contributed by atoms with Gasteiger partial charge in [-0.3, -0.25) is 0 Å². The average Bonchev–Trinajstić information content (AvgIpc) is 3.12. The summed E-state index contributed by atoms with van der Waals surface area (Å²) in [7, 11) is 0. The Morgan fingerprint density at radius 3 is 1.55 bits per heavy atom. The van der Waals surface area contributed by atoms with Crippen LogP contribution in [0.15, 0.2) is 145 Å². The van der Waals surface area contributed by atoms with Gasteiger partial charge in [0.2, 0.25) is 6.29 Å². The number of ether oxygens (including phenoxy) is 6. The number of rotatable bonds is 15. The molecule has 0 saturated carbocycles. The Hall–Kier alpha value is -3.95. The molecule has 0 aromatic heterocycles. The summed E-state index contributed by atoms with van der Waals surface area (Å²) in [5.41, 5.74) is 4.18. The molecule has 4 aromatic carbocycles. The summed E-state index contributed by atoms with van der Waals surface area (Å²) in [6.07, 6.45) is 3.34. The molecule has 4 aromatic rings. The van der Waals surface area contributed by atoms with Crippen LogP contribution in [0.2, 0.25) is 0 Å². The summed E-state index contributed by atoms with van der Waals surface area (Å²) in [5, 5.41) is 0. The lowest BCUT2D eigenvalue weighted by Gasteiger charge is -2.46. The Kier molecular flexibility index (Phi) is 12.1. The van der Waals surface area contributed by atoms with Crippen molar-refractivity contribution in [2.45, 2.75) is 63.6 Å². The van der Waals surface area contributed by atoms with Crippen LogP contribution in [-0.4, -0.2) is 42.2 Å². The van der Waals surface area contributed by atoms with Crippen molar-refractivity contribution in [3.63, 3.8) is 0 Å². The predicted octanol–water partition coefficient (Wildman–Crippen LogP) is 7.91. The molecule has 0 spiro atoms. The minimum absolute atomic E-state index is 0.258. The van der Waals surface area contributed by atoms with Crippen LogP contribution in [0.3, 0.4) is 0 Å². The summed E-state index contributed by atoms with van der Waals surface area (Å²) < 4.78 is 39.8. The Morgan fingerprint density at radius 2 is 1.04 bits per heavy atom. The molecule has 5 atom stereocenters. The van der Waals surface area contributed by atoms with Gasteiger partial charge in [0, 0.05) is 6.42 Å². The lowest BCUT2D eigenvalue weighted by atomic mass is 9.97. The monoisotopic (exact) mass is 648 g/mol. The van der Waals surface area contributed by atoms with E-state index in [1.54, 1.807) is 0 Å². The normalized spacial score (nSPS) is 22.5. The van der Waals surface area contributed by atoms with Gasteiger partial charge in [-0.25, -0.2) is 0 Å². The van der Waals surface area contributed by atoms with Gasteiger partial charge >= 0.3 is 0 Å². The van der Waals surface area contributed by atoms with Crippen LogP contribution >= 0.6 is 12.2 Å². The van der Waals surface area contributed by atoms with E-state index in [9.17, 15) is 0 Å². The molecule has 1 aliphatic heterocycles. The van der Waals surface area contributed by atoms with E-state index in [1.165, 1.54) is 0 Å². The second-order valence-corrected chi connectivity index (χ2v) is 12.0. The van der Waals surface area contributed by atoms with Crippen LogP contribution in [-0.2, 0) is 54.8 Å². The highest BCUT2D eigenvalue weighted by molar-refractivity contribution is 7.80. The van der Waals surface area contributed by atoms with E-state index in [0.29, 0.717) is 43.5 Å². The summed E-state index contributed by atoms with van der Waals surface area (Å²) in [6, 6.07) is 40.3. The first-order valence-electron chi connectivity index (χ1n) is 16.0. The van der Waals surface area contributed by atoms with Gasteiger partial charge in [-0.2, -0.15) is 0 Å². The minimum atomic E-state index is -0.836. The van der Waals surface area contributed by atoms with E-state index >= 15 is 0 Å².